The fourth-order valence-corrected chi connectivity index (χ4v) is 3.06. The van der Waals surface area contributed by atoms with Gasteiger partial charge in [-0.05, 0) is 43.2 Å². The number of aryl methyl sites for hydroxylation is 1. The molecule has 122 valence electrons. The number of rotatable bonds is 6. The van der Waals surface area contributed by atoms with E-state index in [2.05, 4.69) is 5.32 Å². The highest BCUT2D eigenvalue weighted by molar-refractivity contribution is 7.18. The Bertz CT molecular complexity index is 708. The average Bonchev–Trinajstić information content (AvgIpc) is 2.89. The van der Waals surface area contributed by atoms with E-state index in [1.54, 1.807) is 32.2 Å². The van der Waals surface area contributed by atoms with Crippen LogP contribution >= 0.6 is 11.3 Å². The molecule has 0 aliphatic heterocycles. The van der Waals surface area contributed by atoms with E-state index < -0.39 is 0 Å². The van der Waals surface area contributed by atoms with Crippen molar-refractivity contribution in [1.29, 1.82) is 0 Å². The number of anilines is 1. The van der Waals surface area contributed by atoms with Crippen LogP contribution in [-0.2, 0) is 16.1 Å². The number of methoxy groups -OCH3 is 1. The van der Waals surface area contributed by atoms with Crippen molar-refractivity contribution in [3.05, 3.63) is 51.9 Å². The molecule has 0 spiro atoms. The number of benzene rings is 1. The second-order valence-corrected chi connectivity index (χ2v) is 5.98. The Kier molecular flexibility index (Phi) is 5.90. The van der Waals surface area contributed by atoms with Gasteiger partial charge >= 0.3 is 5.97 Å². The molecule has 6 heteroatoms. The van der Waals surface area contributed by atoms with Crippen molar-refractivity contribution in [2.45, 2.75) is 20.5 Å². The molecule has 23 heavy (non-hydrogen) atoms. The minimum absolute atomic E-state index is 0.223. The number of esters is 1. The van der Waals surface area contributed by atoms with Crippen molar-refractivity contribution in [2.24, 2.45) is 0 Å². The molecule has 0 aliphatic carbocycles. The smallest absolute Gasteiger partial charge is 0.348 e. The lowest BCUT2D eigenvalue weighted by molar-refractivity contribution is 0.0531. The molecule has 1 aromatic heterocycles. The number of carbonyl (C=O) groups is 2. The highest BCUT2D eigenvalue weighted by Crippen LogP contribution is 2.27. The predicted octanol–water partition coefficient (Wildman–Crippen LogP) is 3.63. The molecule has 0 unspecified atom stereocenters. The van der Waals surface area contributed by atoms with Gasteiger partial charge in [-0.25, -0.2) is 4.79 Å². The molecule has 1 N–H and O–H groups in total. The SMILES string of the molecule is CCOC(=O)c1sc(NC(=O)c2cccc(COC)c2)cc1C. The number of hydrogen-bond acceptors (Lipinski definition) is 5. The van der Waals surface area contributed by atoms with Gasteiger partial charge in [0, 0.05) is 12.7 Å². The van der Waals surface area contributed by atoms with Crippen LogP contribution in [0.5, 0.6) is 0 Å². The monoisotopic (exact) mass is 333 g/mol. The van der Waals surface area contributed by atoms with Gasteiger partial charge in [0.05, 0.1) is 18.2 Å². The van der Waals surface area contributed by atoms with Gasteiger partial charge in [-0.2, -0.15) is 0 Å². The second kappa shape index (κ2) is 7.89. The summed E-state index contributed by atoms with van der Waals surface area (Å²) in [5.74, 6) is -0.586. The summed E-state index contributed by atoms with van der Waals surface area (Å²) in [5.41, 5.74) is 2.26. The third kappa shape index (κ3) is 4.40. The topological polar surface area (TPSA) is 64.6 Å². The molecule has 0 aliphatic rings. The Morgan fingerprint density at radius 2 is 2.04 bits per heavy atom. The molecule has 2 aromatic rings. The molecular weight excluding hydrogens is 314 g/mol. The minimum Gasteiger partial charge on any atom is -0.462 e. The first kappa shape index (κ1) is 17.2. The van der Waals surface area contributed by atoms with Crippen molar-refractivity contribution < 1.29 is 19.1 Å². The number of amides is 1. The van der Waals surface area contributed by atoms with Crippen LogP contribution in [0, 0.1) is 6.92 Å². The fraction of sp³-hybridized carbons (Fsp3) is 0.294. The van der Waals surface area contributed by atoms with Crippen LogP contribution in [0.25, 0.3) is 0 Å². The maximum absolute atomic E-state index is 12.3. The first-order chi connectivity index (χ1) is 11.0. The molecule has 5 nitrogen and oxygen atoms in total. The Morgan fingerprint density at radius 3 is 2.74 bits per heavy atom. The summed E-state index contributed by atoms with van der Waals surface area (Å²) in [6, 6.07) is 9.00. The lowest BCUT2D eigenvalue weighted by Crippen LogP contribution is -2.11. The zero-order valence-electron chi connectivity index (χ0n) is 13.3. The highest BCUT2D eigenvalue weighted by atomic mass is 32.1. The lowest BCUT2D eigenvalue weighted by atomic mass is 10.1. The summed E-state index contributed by atoms with van der Waals surface area (Å²) in [6.45, 7) is 4.35. The molecule has 0 atom stereocenters. The van der Waals surface area contributed by atoms with Crippen LogP contribution in [0.1, 0.15) is 38.1 Å². The summed E-state index contributed by atoms with van der Waals surface area (Å²) in [4.78, 5) is 24.6. The standard InChI is InChI=1S/C17H19NO4S/c1-4-22-17(20)15-11(2)8-14(23-15)18-16(19)13-7-5-6-12(9-13)10-21-3/h5-9H,4,10H2,1-3H3,(H,18,19). The largest absolute Gasteiger partial charge is 0.462 e. The van der Waals surface area contributed by atoms with E-state index in [-0.39, 0.29) is 11.9 Å². The van der Waals surface area contributed by atoms with E-state index in [1.165, 1.54) is 11.3 Å². The van der Waals surface area contributed by atoms with Gasteiger partial charge < -0.3 is 14.8 Å². The zero-order chi connectivity index (χ0) is 16.8. The zero-order valence-corrected chi connectivity index (χ0v) is 14.2. The van der Waals surface area contributed by atoms with Gasteiger partial charge in [0.15, 0.2) is 0 Å². The van der Waals surface area contributed by atoms with Gasteiger partial charge in [-0.3, -0.25) is 4.79 Å². The number of ether oxygens (including phenoxy) is 2. The van der Waals surface area contributed by atoms with Crippen LogP contribution in [0.2, 0.25) is 0 Å². The van der Waals surface area contributed by atoms with Crippen LogP contribution in [-0.4, -0.2) is 25.6 Å². The third-order valence-corrected chi connectivity index (χ3v) is 4.25. The van der Waals surface area contributed by atoms with Gasteiger partial charge in [0.25, 0.3) is 5.91 Å². The first-order valence-electron chi connectivity index (χ1n) is 7.22. The Morgan fingerprint density at radius 1 is 1.26 bits per heavy atom. The molecule has 0 saturated carbocycles. The molecule has 0 fully saturated rings. The van der Waals surface area contributed by atoms with Crippen molar-refractivity contribution in [2.75, 3.05) is 19.0 Å². The fourth-order valence-electron chi connectivity index (χ4n) is 2.10. The van der Waals surface area contributed by atoms with Crippen molar-refractivity contribution >= 4 is 28.2 Å². The summed E-state index contributed by atoms with van der Waals surface area (Å²) in [5, 5.41) is 3.43. The number of hydrogen-bond donors (Lipinski definition) is 1. The summed E-state index contributed by atoms with van der Waals surface area (Å²) in [6.07, 6.45) is 0. The molecule has 0 bridgehead atoms. The number of carbonyl (C=O) groups excluding carboxylic acids is 2. The molecule has 1 amide bonds. The average molecular weight is 333 g/mol. The third-order valence-electron chi connectivity index (χ3n) is 3.12. The van der Waals surface area contributed by atoms with E-state index in [0.717, 1.165) is 11.1 Å². The van der Waals surface area contributed by atoms with E-state index in [1.807, 2.05) is 19.1 Å². The maximum atomic E-state index is 12.3. The summed E-state index contributed by atoms with van der Waals surface area (Å²) in [7, 11) is 1.61. The molecular formula is C17H19NO4S. The second-order valence-electron chi connectivity index (χ2n) is 4.93. The molecule has 1 aromatic carbocycles. The molecule has 0 radical (unpaired) electrons. The Balaban J connectivity index is 2.13. The van der Waals surface area contributed by atoms with Crippen LogP contribution in [0.15, 0.2) is 30.3 Å². The minimum atomic E-state index is -0.363. The van der Waals surface area contributed by atoms with Gasteiger partial charge in [-0.1, -0.05) is 12.1 Å². The quantitative estimate of drug-likeness (QED) is 0.820. The molecule has 0 saturated heterocycles. The molecule has 2 rings (SSSR count). The van der Waals surface area contributed by atoms with E-state index in [0.29, 0.717) is 28.7 Å². The van der Waals surface area contributed by atoms with Crippen molar-refractivity contribution in [3.63, 3.8) is 0 Å². The highest BCUT2D eigenvalue weighted by Gasteiger charge is 2.16. The summed E-state index contributed by atoms with van der Waals surface area (Å²) < 4.78 is 10.1. The normalized spacial score (nSPS) is 10.4. The van der Waals surface area contributed by atoms with Crippen molar-refractivity contribution in [3.8, 4) is 0 Å². The van der Waals surface area contributed by atoms with Gasteiger partial charge in [-0.15, -0.1) is 11.3 Å². The van der Waals surface area contributed by atoms with Gasteiger partial charge in [0.2, 0.25) is 0 Å². The van der Waals surface area contributed by atoms with E-state index in [9.17, 15) is 9.59 Å². The number of nitrogens with one attached hydrogen (secondary N) is 1. The van der Waals surface area contributed by atoms with E-state index in [4.69, 9.17) is 9.47 Å². The van der Waals surface area contributed by atoms with Crippen LogP contribution in [0.4, 0.5) is 5.00 Å². The van der Waals surface area contributed by atoms with Gasteiger partial charge in [0.1, 0.15) is 4.88 Å². The van der Waals surface area contributed by atoms with Crippen LogP contribution in [0.3, 0.4) is 0 Å². The van der Waals surface area contributed by atoms with Crippen LogP contribution < -0.4 is 5.32 Å². The number of thiophene rings is 1. The summed E-state index contributed by atoms with van der Waals surface area (Å²) >= 11 is 1.21. The maximum Gasteiger partial charge on any atom is 0.348 e. The first-order valence-corrected chi connectivity index (χ1v) is 8.03. The predicted molar refractivity (Wildman–Crippen MR) is 90.1 cm³/mol. The molecule has 1 heterocycles. The Labute approximate surface area is 139 Å². The van der Waals surface area contributed by atoms with Crippen molar-refractivity contribution in [1.82, 2.24) is 0 Å². The lowest BCUT2D eigenvalue weighted by Gasteiger charge is -2.05. The van der Waals surface area contributed by atoms with E-state index >= 15 is 0 Å². The Hall–Kier alpha value is -2.18.